The number of ether oxygens (including phenoxy) is 1. The van der Waals surface area contributed by atoms with E-state index in [1.165, 1.54) is 0 Å². The highest BCUT2D eigenvalue weighted by Crippen LogP contribution is 2.12. The van der Waals surface area contributed by atoms with E-state index >= 15 is 0 Å². The average Bonchev–Trinajstić information content (AvgIpc) is 2.64. The molecule has 1 saturated heterocycles. The van der Waals surface area contributed by atoms with E-state index in [1.807, 2.05) is 0 Å². The van der Waals surface area contributed by atoms with E-state index in [2.05, 4.69) is 6.58 Å². The lowest BCUT2D eigenvalue weighted by Crippen LogP contribution is -2.43. The molecule has 0 aromatic heterocycles. The zero-order valence-electron chi connectivity index (χ0n) is 9.98. The van der Waals surface area contributed by atoms with Gasteiger partial charge in [0.2, 0.25) is 5.91 Å². The highest BCUT2D eigenvalue weighted by atomic mass is 35.5. The van der Waals surface area contributed by atoms with Gasteiger partial charge in [-0.1, -0.05) is 6.58 Å². The Balaban J connectivity index is 0.00000256. The zero-order chi connectivity index (χ0) is 12.1. The van der Waals surface area contributed by atoms with Crippen LogP contribution in [0.1, 0.15) is 26.2 Å². The maximum Gasteiger partial charge on any atom is 0.333 e. The van der Waals surface area contributed by atoms with Gasteiger partial charge in [-0.15, -0.1) is 12.4 Å². The molecule has 5 nitrogen and oxygen atoms in total. The number of carbonyl (C=O) groups excluding carboxylic acids is 2. The van der Waals surface area contributed by atoms with Crippen LogP contribution in [0.25, 0.3) is 0 Å². The Morgan fingerprint density at radius 2 is 2.29 bits per heavy atom. The normalized spacial score (nSPS) is 16.4. The predicted octanol–water partition coefficient (Wildman–Crippen LogP) is 0.825. The van der Waals surface area contributed by atoms with E-state index in [-0.39, 0.29) is 31.1 Å². The van der Waals surface area contributed by atoms with Gasteiger partial charge in [0.25, 0.3) is 0 Å². The van der Waals surface area contributed by atoms with Gasteiger partial charge in [-0.05, 0) is 13.3 Å². The van der Waals surface area contributed by atoms with Crippen molar-refractivity contribution in [2.24, 2.45) is 5.73 Å². The van der Waals surface area contributed by atoms with Crippen molar-refractivity contribution in [3.63, 3.8) is 0 Å². The lowest BCUT2D eigenvalue weighted by atomic mass is 10.3. The molecule has 1 fully saturated rings. The SMILES string of the molecule is C=C(C)C(=O)OCCC(N)N1CCCC1=O.Cl. The van der Waals surface area contributed by atoms with Crippen LogP contribution in [0, 0.1) is 0 Å². The van der Waals surface area contributed by atoms with Crippen molar-refractivity contribution in [3.05, 3.63) is 12.2 Å². The van der Waals surface area contributed by atoms with Crippen molar-refractivity contribution < 1.29 is 14.3 Å². The summed E-state index contributed by atoms with van der Waals surface area (Å²) in [5.74, 6) is -0.335. The van der Waals surface area contributed by atoms with Crippen molar-refractivity contribution in [1.82, 2.24) is 4.90 Å². The lowest BCUT2D eigenvalue weighted by Gasteiger charge is -2.23. The molecule has 0 aromatic carbocycles. The maximum atomic E-state index is 11.3. The second-order valence-electron chi connectivity index (χ2n) is 3.96. The van der Waals surface area contributed by atoms with Gasteiger partial charge in [0.15, 0.2) is 0 Å². The van der Waals surface area contributed by atoms with Crippen LogP contribution >= 0.6 is 12.4 Å². The summed E-state index contributed by atoms with van der Waals surface area (Å²) in [6.07, 6.45) is 1.54. The highest BCUT2D eigenvalue weighted by molar-refractivity contribution is 5.86. The van der Waals surface area contributed by atoms with Crippen molar-refractivity contribution in [2.45, 2.75) is 32.4 Å². The fourth-order valence-electron chi connectivity index (χ4n) is 1.57. The molecule has 1 atom stereocenters. The monoisotopic (exact) mass is 262 g/mol. The molecule has 0 aliphatic carbocycles. The van der Waals surface area contributed by atoms with Crippen molar-refractivity contribution in [1.29, 1.82) is 0 Å². The fourth-order valence-corrected chi connectivity index (χ4v) is 1.57. The number of hydrogen-bond donors (Lipinski definition) is 1. The van der Waals surface area contributed by atoms with Gasteiger partial charge in [-0.2, -0.15) is 0 Å². The smallest absolute Gasteiger partial charge is 0.333 e. The van der Waals surface area contributed by atoms with E-state index in [0.29, 0.717) is 25.0 Å². The number of nitrogens with zero attached hydrogens (tertiary/aromatic N) is 1. The first kappa shape index (κ1) is 15.9. The number of esters is 1. The van der Waals surface area contributed by atoms with Crippen molar-refractivity contribution in [2.75, 3.05) is 13.2 Å². The van der Waals surface area contributed by atoms with Gasteiger partial charge in [-0.25, -0.2) is 4.79 Å². The van der Waals surface area contributed by atoms with Crippen LogP contribution in [0.15, 0.2) is 12.2 Å². The summed E-state index contributed by atoms with van der Waals surface area (Å²) in [5.41, 5.74) is 6.19. The Labute approximate surface area is 107 Å². The standard InChI is InChI=1S/C11H18N2O3.ClH/c1-8(2)11(15)16-7-5-9(12)13-6-3-4-10(13)14;/h9H,1,3-7,12H2,2H3;1H. The summed E-state index contributed by atoms with van der Waals surface area (Å²) in [6, 6.07) is 0. The third-order valence-electron chi connectivity index (χ3n) is 2.51. The summed E-state index contributed by atoms with van der Waals surface area (Å²) in [7, 11) is 0. The Morgan fingerprint density at radius 3 is 2.76 bits per heavy atom. The molecule has 17 heavy (non-hydrogen) atoms. The molecular weight excluding hydrogens is 244 g/mol. The number of nitrogens with two attached hydrogens (primary N) is 1. The maximum absolute atomic E-state index is 11.3. The summed E-state index contributed by atoms with van der Waals surface area (Å²) in [6.45, 7) is 5.98. The molecular formula is C11H19ClN2O3. The summed E-state index contributed by atoms with van der Waals surface area (Å²) < 4.78 is 4.91. The summed E-state index contributed by atoms with van der Waals surface area (Å²) >= 11 is 0. The quantitative estimate of drug-likeness (QED) is 0.588. The van der Waals surface area contributed by atoms with Crippen LogP contribution < -0.4 is 5.73 Å². The zero-order valence-corrected chi connectivity index (χ0v) is 10.8. The molecule has 0 spiro atoms. The number of rotatable bonds is 5. The molecule has 0 bridgehead atoms. The molecule has 6 heteroatoms. The van der Waals surface area contributed by atoms with Gasteiger partial charge >= 0.3 is 5.97 Å². The van der Waals surface area contributed by atoms with Gasteiger partial charge in [-0.3, -0.25) is 4.79 Å². The van der Waals surface area contributed by atoms with Crippen LogP contribution in [0.5, 0.6) is 0 Å². The van der Waals surface area contributed by atoms with Crippen LogP contribution in [0.2, 0.25) is 0 Å². The minimum absolute atomic E-state index is 0. The van der Waals surface area contributed by atoms with E-state index < -0.39 is 5.97 Å². The first-order valence-electron chi connectivity index (χ1n) is 5.40. The number of carbonyl (C=O) groups is 2. The molecule has 1 amide bonds. The molecule has 1 unspecified atom stereocenters. The van der Waals surface area contributed by atoms with Crippen LogP contribution in [-0.2, 0) is 14.3 Å². The summed E-state index contributed by atoms with van der Waals surface area (Å²) in [4.78, 5) is 24.0. The third kappa shape index (κ3) is 4.75. The second-order valence-corrected chi connectivity index (χ2v) is 3.96. The molecule has 1 aliphatic rings. The minimum atomic E-state index is -0.417. The Bertz CT molecular complexity index is 307. The van der Waals surface area contributed by atoms with Crippen molar-refractivity contribution >= 4 is 24.3 Å². The number of likely N-dealkylation sites (tertiary alicyclic amines) is 1. The summed E-state index contributed by atoms with van der Waals surface area (Å²) in [5, 5.41) is 0. The first-order chi connectivity index (χ1) is 7.52. The lowest BCUT2D eigenvalue weighted by molar-refractivity contribution is -0.139. The molecule has 0 radical (unpaired) electrons. The topological polar surface area (TPSA) is 72.6 Å². The van der Waals surface area contributed by atoms with Gasteiger partial charge in [0.05, 0.1) is 12.8 Å². The Morgan fingerprint density at radius 1 is 1.65 bits per heavy atom. The molecule has 0 saturated carbocycles. The molecule has 1 heterocycles. The highest BCUT2D eigenvalue weighted by Gasteiger charge is 2.25. The number of amides is 1. The largest absolute Gasteiger partial charge is 0.462 e. The van der Waals surface area contributed by atoms with Crippen LogP contribution in [0.4, 0.5) is 0 Å². The number of hydrogen-bond acceptors (Lipinski definition) is 4. The molecule has 1 aliphatic heterocycles. The molecule has 0 aromatic rings. The van der Waals surface area contributed by atoms with Gasteiger partial charge in [0.1, 0.15) is 0 Å². The average molecular weight is 263 g/mol. The molecule has 2 N–H and O–H groups in total. The Kier molecular flexibility index (Phi) is 6.83. The minimum Gasteiger partial charge on any atom is -0.462 e. The van der Waals surface area contributed by atoms with E-state index in [1.54, 1.807) is 11.8 Å². The fraction of sp³-hybridized carbons (Fsp3) is 0.636. The van der Waals surface area contributed by atoms with E-state index in [9.17, 15) is 9.59 Å². The van der Waals surface area contributed by atoms with Crippen LogP contribution in [-0.4, -0.2) is 36.1 Å². The van der Waals surface area contributed by atoms with Gasteiger partial charge < -0.3 is 15.4 Å². The second kappa shape index (κ2) is 7.29. The van der Waals surface area contributed by atoms with E-state index in [0.717, 1.165) is 6.42 Å². The Hall–Kier alpha value is -1.07. The molecule has 1 rings (SSSR count). The first-order valence-corrected chi connectivity index (χ1v) is 5.40. The van der Waals surface area contributed by atoms with E-state index in [4.69, 9.17) is 10.5 Å². The predicted molar refractivity (Wildman–Crippen MR) is 66.6 cm³/mol. The van der Waals surface area contributed by atoms with Gasteiger partial charge in [0, 0.05) is 25.0 Å². The van der Waals surface area contributed by atoms with Crippen molar-refractivity contribution in [3.8, 4) is 0 Å². The van der Waals surface area contributed by atoms with Crippen LogP contribution in [0.3, 0.4) is 0 Å². The molecule has 98 valence electrons. The number of halogens is 1. The third-order valence-corrected chi connectivity index (χ3v) is 2.51.